The molecule has 180 valence electrons. The molecule has 8 atom stereocenters. The van der Waals surface area contributed by atoms with Crippen LogP contribution in [0.2, 0.25) is 0 Å². The Morgan fingerprint density at radius 2 is 1.76 bits per heavy atom. The topological polar surface area (TPSA) is 43.4 Å². The van der Waals surface area contributed by atoms with Crippen molar-refractivity contribution in [3.63, 3.8) is 0 Å². The van der Waals surface area contributed by atoms with E-state index in [1.165, 1.54) is 32.1 Å². The molecule has 5 rings (SSSR count). The first-order valence-corrected chi connectivity index (χ1v) is 13.7. The molecule has 33 heavy (non-hydrogen) atoms. The van der Waals surface area contributed by atoms with Gasteiger partial charge < -0.3 is 4.74 Å². The number of alkyl halides is 1. The summed E-state index contributed by atoms with van der Waals surface area (Å²) in [6.07, 6.45) is 10.5. The van der Waals surface area contributed by atoms with E-state index >= 15 is 0 Å². The zero-order valence-corrected chi connectivity index (χ0v) is 21.2. The van der Waals surface area contributed by atoms with Gasteiger partial charge in [0, 0.05) is 11.8 Å². The lowest BCUT2D eigenvalue weighted by Crippen LogP contribution is -2.54. The van der Waals surface area contributed by atoms with Crippen LogP contribution >= 0.6 is 11.6 Å². The van der Waals surface area contributed by atoms with Crippen molar-refractivity contribution in [2.24, 2.45) is 40.4 Å². The Kier molecular flexibility index (Phi) is 6.17. The number of hydrogen-bond donors (Lipinski definition) is 0. The predicted molar refractivity (Wildman–Crippen MR) is 131 cm³/mol. The number of carbonyl (C=O) groups excluding carboxylic acids is 2. The van der Waals surface area contributed by atoms with E-state index in [1.807, 2.05) is 31.2 Å². The SMILES string of the molecule is CC(=O)[C@H]1CC[C@H]2[C@@H]3CCC4CC(OC(=O)c5cccc(CCl)c5)CC[C@]4(C)[C@H]3CC[C@]12C. The molecule has 0 radical (unpaired) electrons. The van der Waals surface area contributed by atoms with E-state index in [-0.39, 0.29) is 23.4 Å². The number of fused-ring (bicyclic) bond motifs is 5. The average molecular weight is 471 g/mol. The number of ether oxygens (including phenoxy) is 1. The summed E-state index contributed by atoms with van der Waals surface area (Å²) in [4.78, 5) is 25.2. The summed E-state index contributed by atoms with van der Waals surface area (Å²) < 4.78 is 6.01. The molecule has 0 aromatic heterocycles. The Hall–Kier alpha value is -1.35. The molecule has 1 aromatic rings. The van der Waals surface area contributed by atoms with Crippen LogP contribution in [0.4, 0.5) is 0 Å². The number of ketones is 1. The third-order valence-electron chi connectivity index (χ3n) is 10.7. The molecule has 4 heteroatoms. The van der Waals surface area contributed by atoms with E-state index in [0.717, 1.165) is 43.1 Å². The predicted octanol–water partition coefficient (Wildman–Crippen LogP) is 7.20. The Morgan fingerprint density at radius 1 is 1.00 bits per heavy atom. The summed E-state index contributed by atoms with van der Waals surface area (Å²) in [6, 6.07) is 7.49. The molecule has 0 N–H and O–H groups in total. The van der Waals surface area contributed by atoms with Gasteiger partial charge in [0.1, 0.15) is 11.9 Å². The lowest BCUT2D eigenvalue weighted by Gasteiger charge is -2.61. The van der Waals surface area contributed by atoms with Gasteiger partial charge in [-0.25, -0.2) is 4.79 Å². The molecular formula is C29H39ClO3. The monoisotopic (exact) mass is 470 g/mol. The lowest BCUT2D eigenvalue weighted by molar-refractivity contribution is -0.138. The van der Waals surface area contributed by atoms with Crippen molar-refractivity contribution in [2.75, 3.05) is 0 Å². The number of carbonyl (C=O) groups is 2. The van der Waals surface area contributed by atoms with Gasteiger partial charge in [0.2, 0.25) is 0 Å². The van der Waals surface area contributed by atoms with Crippen molar-refractivity contribution < 1.29 is 14.3 Å². The van der Waals surface area contributed by atoms with Gasteiger partial charge >= 0.3 is 5.97 Å². The first-order chi connectivity index (χ1) is 15.8. The summed E-state index contributed by atoms with van der Waals surface area (Å²) in [7, 11) is 0. The van der Waals surface area contributed by atoms with Crippen LogP contribution in [0.15, 0.2) is 24.3 Å². The van der Waals surface area contributed by atoms with Gasteiger partial charge in [-0.3, -0.25) is 4.79 Å². The second-order valence-electron chi connectivity index (χ2n) is 12.1. The van der Waals surface area contributed by atoms with Crippen LogP contribution in [0.3, 0.4) is 0 Å². The molecule has 4 aliphatic carbocycles. The fraction of sp³-hybridized carbons (Fsp3) is 0.724. The Bertz CT molecular complexity index is 927. The zero-order chi connectivity index (χ0) is 23.4. The third kappa shape index (κ3) is 3.87. The third-order valence-corrected chi connectivity index (χ3v) is 11.0. The number of hydrogen-bond acceptors (Lipinski definition) is 3. The summed E-state index contributed by atoms with van der Waals surface area (Å²) in [5.74, 6) is 3.77. The van der Waals surface area contributed by atoms with Crippen LogP contribution in [0.5, 0.6) is 0 Å². The maximum absolute atomic E-state index is 12.8. The average Bonchev–Trinajstić information content (AvgIpc) is 3.17. The standard InChI is InChI=1S/C29H39ClO3/c1-18(31)24-9-10-25-23-8-7-21-16-22(33-27(32)20-6-4-5-19(15-20)17-30)11-13-28(21,2)26(23)12-14-29(24,25)3/h4-6,15,21-26H,7-14,16-17H2,1-3H3/t21?,22?,23-,24+,25-,26-,28-,29+/m0/s1. The Balaban J connectivity index is 1.27. The van der Waals surface area contributed by atoms with Gasteiger partial charge in [-0.2, -0.15) is 0 Å². The Morgan fingerprint density at radius 3 is 2.52 bits per heavy atom. The van der Waals surface area contributed by atoms with Crippen molar-refractivity contribution in [1.82, 2.24) is 0 Å². The van der Waals surface area contributed by atoms with E-state index in [9.17, 15) is 9.59 Å². The molecule has 0 saturated heterocycles. The van der Waals surface area contributed by atoms with E-state index < -0.39 is 0 Å². The smallest absolute Gasteiger partial charge is 0.338 e. The molecule has 0 aliphatic heterocycles. The molecule has 1 aromatic carbocycles. The van der Waals surface area contributed by atoms with E-state index in [1.54, 1.807) is 0 Å². The van der Waals surface area contributed by atoms with Gasteiger partial charge in [0.15, 0.2) is 0 Å². The van der Waals surface area contributed by atoms with Crippen LogP contribution in [-0.4, -0.2) is 17.9 Å². The van der Waals surface area contributed by atoms with Gasteiger partial charge in [-0.15, -0.1) is 11.6 Å². The highest BCUT2D eigenvalue weighted by Gasteiger charge is 2.60. The highest BCUT2D eigenvalue weighted by molar-refractivity contribution is 6.17. The summed E-state index contributed by atoms with van der Waals surface area (Å²) in [5, 5.41) is 0. The maximum atomic E-state index is 12.8. The van der Waals surface area contributed by atoms with E-state index in [2.05, 4.69) is 13.8 Å². The van der Waals surface area contributed by atoms with Crippen LogP contribution < -0.4 is 0 Å². The van der Waals surface area contributed by atoms with Gasteiger partial charge in [0.05, 0.1) is 5.56 Å². The second-order valence-corrected chi connectivity index (χ2v) is 12.3. The minimum atomic E-state index is -0.209. The molecule has 3 nitrogen and oxygen atoms in total. The molecular weight excluding hydrogens is 432 g/mol. The van der Waals surface area contributed by atoms with Gasteiger partial charge in [0.25, 0.3) is 0 Å². The second kappa shape index (κ2) is 8.70. The Labute approximate surface area is 204 Å². The van der Waals surface area contributed by atoms with Crippen LogP contribution in [0, 0.1) is 40.4 Å². The van der Waals surface area contributed by atoms with Gasteiger partial charge in [-0.1, -0.05) is 26.0 Å². The molecule has 0 heterocycles. The van der Waals surface area contributed by atoms with Crippen molar-refractivity contribution in [1.29, 1.82) is 0 Å². The highest BCUT2D eigenvalue weighted by Crippen LogP contribution is 2.67. The van der Waals surface area contributed by atoms with Crippen molar-refractivity contribution in [3.05, 3.63) is 35.4 Å². The summed E-state index contributed by atoms with van der Waals surface area (Å²) >= 11 is 5.94. The number of Topliss-reactive ketones (excluding diaryl/α,β-unsaturated/α-hetero) is 1. The normalized spacial score (nSPS) is 42.1. The maximum Gasteiger partial charge on any atom is 0.338 e. The first kappa shape index (κ1) is 23.4. The van der Waals surface area contributed by atoms with Crippen LogP contribution in [0.1, 0.15) is 94.5 Å². The molecule has 4 aliphatic rings. The zero-order valence-electron chi connectivity index (χ0n) is 20.4. The molecule has 2 unspecified atom stereocenters. The molecule has 4 fully saturated rings. The summed E-state index contributed by atoms with van der Waals surface area (Å²) in [5.41, 5.74) is 2.13. The number of rotatable bonds is 4. The van der Waals surface area contributed by atoms with Crippen LogP contribution in [0.25, 0.3) is 0 Å². The molecule has 0 amide bonds. The number of benzene rings is 1. The van der Waals surface area contributed by atoms with Crippen LogP contribution in [-0.2, 0) is 15.4 Å². The number of esters is 1. The largest absolute Gasteiger partial charge is 0.459 e. The lowest BCUT2D eigenvalue weighted by atomic mass is 9.44. The fourth-order valence-electron chi connectivity index (χ4n) is 8.99. The highest BCUT2D eigenvalue weighted by atomic mass is 35.5. The van der Waals surface area contributed by atoms with Gasteiger partial charge in [-0.05, 0) is 117 Å². The van der Waals surface area contributed by atoms with E-state index in [4.69, 9.17) is 16.3 Å². The molecule has 4 saturated carbocycles. The van der Waals surface area contributed by atoms with Crippen molar-refractivity contribution >= 4 is 23.4 Å². The minimum Gasteiger partial charge on any atom is -0.459 e. The number of halogens is 1. The molecule has 0 spiro atoms. The minimum absolute atomic E-state index is 0.0224. The van der Waals surface area contributed by atoms with Crippen molar-refractivity contribution in [3.8, 4) is 0 Å². The quantitative estimate of drug-likeness (QED) is 0.345. The fourth-order valence-corrected chi connectivity index (χ4v) is 9.16. The van der Waals surface area contributed by atoms with Crippen molar-refractivity contribution in [2.45, 2.75) is 90.5 Å². The summed E-state index contributed by atoms with van der Waals surface area (Å²) in [6.45, 7) is 6.78. The van der Waals surface area contributed by atoms with E-state index in [0.29, 0.717) is 34.5 Å². The molecule has 0 bridgehead atoms. The first-order valence-electron chi connectivity index (χ1n) is 13.1.